The molecule has 5 atom stereocenters. The third kappa shape index (κ3) is 12.3. The van der Waals surface area contributed by atoms with Gasteiger partial charge in [0.1, 0.15) is 23.9 Å². The number of benzene rings is 2. The van der Waals surface area contributed by atoms with Crippen LogP contribution < -0.4 is 32.7 Å². The molecule has 1 aliphatic rings. The molecule has 1 aliphatic heterocycles. The van der Waals surface area contributed by atoms with E-state index in [1.165, 1.54) is 12.1 Å². The Kier molecular flexibility index (Phi) is 14.8. The monoisotopic (exact) mass is 653 g/mol. The van der Waals surface area contributed by atoms with E-state index in [1.807, 2.05) is 51.2 Å². The molecule has 3 rings (SSSR count). The van der Waals surface area contributed by atoms with E-state index < -0.39 is 53.2 Å². The molecule has 0 aliphatic carbocycles. The van der Waals surface area contributed by atoms with Crippen molar-refractivity contribution < 1.29 is 23.6 Å². The van der Waals surface area contributed by atoms with E-state index >= 15 is 0 Å². The van der Waals surface area contributed by atoms with Crippen molar-refractivity contribution in [2.75, 3.05) is 26.7 Å². The molecule has 3 unspecified atom stereocenters. The van der Waals surface area contributed by atoms with Gasteiger partial charge in [0.25, 0.3) is 0 Å². The molecule has 2 aromatic carbocycles. The van der Waals surface area contributed by atoms with Gasteiger partial charge in [0, 0.05) is 25.0 Å². The van der Waals surface area contributed by atoms with Gasteiger partial charge in [0.2, 0.25) is 23.6 Å². The predicted octanol–water partition coefficient (Wildman–Crippen LogP) is 1.53. The van der Waals surface area contributed by atoms with Gasteiger partial charge in [-0.3, -0.25) is 19.2 Å². The van der Waals surface area contributed by atoms with Gasteiger partial charge in [-0.2, -0.15) is 0 Å². The number of nitrogens with zero attached hydrogens (tertiary/aromatic N) is 1. The molecular formula is C35H52FN7O4. The summed E-state index contributed by atoms with van der Waals surface area (Å²) >= 11 is 0. The Labute approximate surface area is 277 Å². The quantitative estimate of drug-likeness (QED) is 0.133. The van der Waals surface area contributed by atoms with Gasteiger partial charge in [-0.15, -0.1) is 0 Å². The summed E-state index contributed by atoms with van der Waals surface area (Å²) in [6.07, 6.45) is 3.93. The van der Waals surface area contributed by atoms with Crippen molar-refractivity contribution in [2.24, 2.45) is 11.5 Å². The number of halogens is 1. The normalized spacial score (nSPS) is 18.6. The molecular weight excluding hydrogens is 601 g/mol. The lowest BCUT2D eigenvalue weighted by Gasteiger charge is -2.28. The van der Waals surface area contributed by atoms with Crippen LogP contribution in [-0.2, 0) is 32.0 Å². The van der Waals surface area contributed by atoms with Crippen LogP contribution in [0.5, 0.6) is 0 Å². The van der Waals surface area contributed by atoms with Crippen LogP contribution in [0.4, 0.5) is 4.39 Å². The number of rotatable bonds is 18. The number of carbonyl (C=O) groups excluding carboxylic acids is 4. The number of carbonyl (C=O) groups is 4. The van der Waals surface area contributed by atoms with Gasteiger partial charge in [-0.25, -0.2) is 4.39 Å². The van der Waals surface area contributed by atoms with Gasteiger partial charge in [-0.05, 0) is 82.3 Å². The summed E-state index contributed by atoms with van der Waals surface area (Å²) in [6.45, 7) is 5.53. The van der Waals surface area contributed by atoms with E-state index in [2.05, 4.69) is 21.3 Å². The van der Waals surface area contributed by atoms with Crippen molar-refractivity contribution in [1.82, 2.24) is 26.2 Å². The van der Waals surface area contributed by atoms with Gasteiger partial charge in [0.05, 0.1) is 6.04 Å². The van der Waals surface area contributed by atoms with Crippen molar-refractivity contribution in [3.8, 4) is 0 Å². The van der Waals surface area contributed by atoms with E-state index in [0.717, 1.165) is 24.9 Å². The van der Waals surface area contributed by atoms with Crippen LogP contribution >= 0.6 is 0 Å². The summed E-state index contributed by atoms with van der Waals surface area (Å²) in [7, 11) is 1.86. The third-order valence-corrected chi connectivity index (χ3v) is 8.43. The fourth-order valence-corrected chi connectivity index (χ4v) is 5.71. The lowest BCUT2D eigenvalue weighted by atomic mass is 10.0. The predicted molar refractivity (Wildman–Crippen MR) is 180 cm³/mol. The number of hydrogen-bond acceptors (Lipinski definition) is 7. The molecule has 1 fully saturated rings. The van der Waals surface area contributed by atoms with Crippen LogP contribution in [-0.4, -0.2) is 84.9 Å². The molecule has 0 aromatic heterocycles. The standard InChI is InChI=1S/C35H52FN7O4/c1-4-10-28(32(45)41-29(13-8-9-19-39-3)34(47)43-20-18-35(2,38)23-43)40-33(46)30(22-24-11-6-5-7-12-24)42-31(44)27(37)21-25-14-16-26(36)17-15-25/h5-7,11-12,14-17,27-30,39H,4,8-10,13,18-23,37-38H2,1-3H3,(H,40,46)(H,41,45)(H,42,44)/t27?,28?,29-,30-,35?/m1/s1. The summed E-state index contributed by atoms with van der Waals surface area (Å²) in [5, 5.41) is 11.6. The Bertz CT molecular complexity index is 1310. The van der Waals surface area contributed by atoms with Crippen LogP contribution in [0.2, 0.25) is 0 Å². The zero-order valence-electron chi connectivity index (χ0n) is 27.9. The Hall–Kier alpha value is -3.87. The fraction of sp³-hybridized carbons (Fsp3) is 0.543. The summed E-state index contributed by atoms with van der Waals surface area (Å²) in [5.41, 5.74) is 13.5. The molecule has 1 heterocycles. The highest BCUT2D eigenvalue weighted by atomic mass is 19.1. The van der Waals surface area contributed by atoms with E-state index in [9.17, 15) is 23.6 Å². The third-order valence-electron chi connectivity index (χ3n) is 8.43. The SMILES string of the molecule is CCCC(NC(=O)[C@@H](Cc1ccccc1)NC(=O)C(N)Cc1ccc(F)cc1)C(=O)N[C@H](CCCCNC)C(=O)N1CCC(C)(N)C1. The van der Waals surface area contributed by atoms with Gasteiger partial charge in [-0.1, -0.05) is 55.8 Å². The minimum absolute atomic E-state index is 0.150. The lowest BCUT2D eigenvalue weighted by Crippen LogP contribution is -2.58. The Morgan fingerprint density at radius 2 is 1.47 bits per heavy atom. The van der Waals surface area contributed by atoms with E-state index in [1.54, 1.807) is 17.0 Å². The summed E-state index contributed by atoms with van der Waals surface area (Å²) in [6, 6.07) is 11.2. The van der Waals surface area contributed by atoms with Crippen LogP contribution in [0.3, 0.4) is 0 Å². The molecule has 0 spiro atoms. The zero-order valence-corrected chi connectivity index (χ0v) is 27.9. The Balaban J connectivity index is 1.74. The number of hydrogen-bond donors (Lipinski definition) is 6. The van der Waals surface area contributed by atoms with E-state index in [0.29, 0.717) is 44.3 Å². The molecule has 2 aromatic rings. The van der Waals surface area contributed by atoms with Crippen LogP contribution in [0, 0.1) is 5.82 Å². The second kappa shape index (κ2) is 18.5. The number of nitrogens with one attached hydrogen (secondary N) is 4. The minimum atomic E-state index is -1.03. The average molecular weight is 654 g/mol. The first-order chi connectivity index (χ1) is 22.4. The van der Waals surface area contributed by atoms with Gasteiger partial charge >= 0.3 is 0 Å². The smallest absolute Gasteiger partial charge is 0.245 e. The molecule has 0 saturated carbocycles. The summed E-state index contributed by atoms with van der Waals surface area (Å²) < 4.78 is 13.3. The topological polar surface area (TPSA) is 172 Å². The van der Waals surface area contributed by atoms with E-state index in [-0.39, 0.29) is 18.7 Å². The van der Waals surface area contributed by atoms with Crippen LogP contribution in [0.15, 0.2) is 54.6 Å². The molecule has 0 bridgehead atoms. The van der Waals surface area contributed by atoms with Crippen molar-refractivity contribution in [3.05, 3.63) is 71.5 Å². The molecule has 47 heavy (non-hydrogen) atoms. The maximum Gasteiger partial charge on any atom is 0.245 e. The van der Waals surface area contributed by atoms with Crippen LogP contribution in [0.25, 0.3) is 0 Å². The molecule has 258 valence electrons. The molecule has 8 N–H and O–H groups in total. The number of amides is 4. The van der Waals surface area contributed by atoms with Crippen molar-refractivity contribution >= 4 is 23.6 Å². The fourth-order valence-electron chi connectivity index (χ4n) is 5.71. The summed E-state index contributed by atoms with van der Waals surface area (Å²) in [5.74, 6) is -2.12. The molecule has 11 nitrogen and oxygen atoms in total. The molecule has 12 heteroatoms. The van der Waals surface area contributed by atoms with Gasteiger partial charge < -0.3 is 37.6 Å². The highest BCUT2D eigenvalue weighted by molar-refractivity contribution is 5.95. The minimum Gasteiger partial charge on any atom is -0.343 e. The summed E-state index contributed by atoms with van der Waals surface area (Å²) in [4.78, 5) is 55.9. The largest absolute Gasteiger partial charge is 0.343 e. The number of unbranched alkanes of at least 4 members (excludes halogenated alkanes) is 1. The van der Waals surface area contributed by atoms with Crippen molar-refractivity contribution in [2.45, 2.75) is 94.9 Å². The van der Waals surface area contributed by atoms with Crippen molar-refractivity contribution in [3.63, 3.8) is 0 Å². The second-order valence-corrected chi connectivity index (χ2v) is 12.9. The highest BCUT2D eigenvalue weighted by Crippen LogP contribution is 2.20. The van der Waals surface area contributed by atoms with Crippen molar-refractivity contribution in [1.29, 1.82) is 0 Å². The molecule has 1 saturated heterocycles. The molecule has 4 amide bonds. The van der Waals surface area contributed by atoms with E-state index in [4.69, 9.17) is 11.5 Å². The zero-order chi connectivity index (χ0) is 34.4. The van der Waals surface area contributed by atoms with Gasteiger partial charge in [0.15, 0.2) is 0 Å². The lowest BCUT2D eigenvalue weighted by molar-refractivity contribution is -0.137. The first kappa shape index (κ1) is 37.6. The molecule has 0 radical (unpaired) electrons. The maximum atomic E-state index is 13.8. The van der Waals surface area contributed by atoms with Crippen LogP contribution in [0.1, 0.15) is 63.5 Å². The average Bonchev–Trinajstić information content (AvgIpc) is 3.42. The second-order valence-electron chi connectivity index (χ2n) is 12.9. The highest BCUT2D eigenvalue weighted by Gasteiger charge is 2.37. The first-order valence-electron chi connectivity index (χ1n) is 16.6. The maximum absolute atomic E-state index is 13.8. The number of nitrogens with two attached hydrogens (primary N) is 2. The Morgan fingerprint density at radius 3 is 2.09 bits per heavy atom. The Morgan fingerprint density at radius 1 is 0.851 bits per heavy atom. The first-order valence-corrected chi connectivity index (χ1v) is 16.6. The number of likely N-dealkylation sites (tertiary alicyclic amines) is 1.